The maximum atomic E-state index is 13.3. The number of Topliss-reactive ketones (excluding diaryl/α,β-unsaturated/α-hetero) is 1. The van der Waals surface area contributed by atoms with Crippen LogP contribution in [0.3, 0.4) is 0 Å². The van der Waals surface area contributed by atoms with Crippen LogP contribution in [-0.4, -0.2) is 21.8 Å². The Morgan fingerprint density at radius 3 is 2.52 bits per heavy atom. The Bertz CT molecular complexity index is 1460. The van der Waals surface area contributed by atoms with Gasteiger partial charge in [-0.05, 0) is 42.8 Å². The molecule has 5 rings (SSSR count). The highest BCUT2D eigenvalue weighted by Crippen LogP contribution is 2.44. The van der Waals surface area contributed by atoms with Crippen LogP contribution in [0.4, 0.5) is 5.69 Å². The van der Waals surface area contributed by atoms with Gasteiger partial charge in [-0.15, -0.1) is 0 Å². The van der Waals surface area contributed by atoms with Crippen molar-refractivity contribution in [3.8, 4) is 0 Å². The number of hydrogen-bond donors (Lipinski definition) is 2. The van der Waals surface area contributed by atoms with E-state index in [9.17, 15) is 14.7 Å². The van der Waals surface area contributed by atoms with Gasteiger partial charge < -0.3 is 10.1 Å². The summed E-state index contributed by atoms with van der Waals surface area (Å²) in [6.45, 7) is 1.87. The van der Waals surface area contributed by atoms with E-state index < -0.39 is 17.7 Å². The van der Waals surface area contributed by atoms with E-state index in [0.717, 1.165) is 20.9 Å². The summed E-state index contributed by atoms with van der Waals surface area (Å²) in [4.78, 5) is 31.2. The molecule has 164 valence electrons. The van der Waals surface area contributed by atoms with Crippen LogP contribution in [0.25, 0.3) is 16.7 Å². The third-order valence-corrected chi connectivity index (χ3v) is 6.85. The van der Waals surface area contributed by atoms with Gasteiger partial charge in [0.15, 0.2) is 0 Å². The standard InChI is InChI=1S/C26H18BrClN2O3/c1-14-6-11-17(12-20(14)28)30-23(19-13-29-21-5-3-2-4-18(19)21)22(25(32)26(30)33)24(31)15-7-9-16(27)10-8-15/h2-13,23,29,31H,1H3/b24-22+. The number of halogens is 2. The van der Waals surface area contributed by atoms with E-state index in [2.05, 4.69) is 20.9 Å². The number of ketones is 1. The van der Waals surface area contributed by atoms with Crippen LogP contribution in [0, 0.1) is 6.92 Å². The van der Waals surface area contributed by atoms with E-state index in [4.69, 9.17) is 11.6 Å². The highest BCUT2D eigenvalue weighted by molar-refractivity contribution is 9.10. The van der Waals surface area contributed by atoms with Crippen molar-refractivity contribution >= 4 is 61.6 Å². The van der Waals surface area contributed by atoms with Crippen molar-refractivity contribution in [1.82, 2.24) is 4.98 Å². The summed E-state index contributed by atoms with van der Waals surface area (Å²) in [6, 6.07) is 19.0. The minimum absolute atomic E-state index is 0.0313. The average molecular weight is 522 g/mol. The molecule has 1 fully saturated rings. The van der Waals surface area contributed by atoms with Gasteiger partial charge in [0.05, 0.1) is 11.6 Å². The lowest BCUT2D eigenvalue weighted by atomic mass is 9.94. The van der Waals surface area contributed by atoms with E-state index in [1.54, 1.807) is 48.7 Å². The Morgan fingerprint density at radius 1 is 1.06 bits per heavy atom. The molecule has 0 saturated carbocycles. The van der Waals surface area contributed by atoms with Gasteiger partial charge in [-0.1, -0.05) is 63.9 Å². The number of aliphatic hydroxyl groups is 1. The van der Waals surface area contributed by atoms with Gasteiger partial charge in [0, 0.05) is 43.4 Å². The van der Waals surface area contributed by atoms with Crippen LogP contribution in [0.5, 0.6) is 0 Å². The second-order valence-electron chi connectivity index (χ2n) is 7.90. The minimum atomic E-state index is -0.830. The third kappa shape index (κ3) is 3.56. The van der Waals surface area contributed by atoms with Crippen molar-refractivity contribution in [2.75, 3.05) is 4.90 Å². The third-order valence-electron chi connectivity index (χ3n) is 5.91. The predicted octanol–water partition coefficient (Wildman–Crippen LogP) is 6.52. The molecule has 3 aromatic carbocycles. The number of H-pyrrole nitrogens is 1. The van der Waals surface area contributed by atoms with Gasteiger partial charge in [-0.3, -0.25) is 14.5 Å². The zero-order valence-corrected chi connectivity index (χ0v) is 19.8. The van der Waals surface area contributed by atoms with Crippen molar-refractivity contribution in [3.63, 3.8) is 0 Å². The number of aromatic nitrogens is 1. The second-order valence-corrected chi connectivity index (χ2v) is 9.22. The number of rotatable bonds is 3. The molecular weight excluding hydrogens is 504 g/mol. The summed E-state index contributed by atoms with van der Waals surface area (Å²) in [6.07, 6.45) is 1.78. The summed E-state index contributed by atoms with van der Waals surface area (Å²) in [7, 11) is 0. The Morgan fingerprint density at radius 2 is 1.79 bits per heavy atom. The topological polar surface area (TPSA) is 73.4 Å². The molecule has 1 atom stereocenters. The summed E-state index contributed by atoms with van der Waals surface area (Å²) in [5.74, 6) is -1.69. The van der Waals surface area contributed by atoms with Crippen LogP contribution in [0.1, 0.15) is 22.7 Å². The molecule has 4 aromatic rings. The molecule has 7 heteroatoms. The molecule has 1 amide bonds. The minimum Gasteiger partial charge on any atom is -0.507 e. The molecule has 33 heavy (non-hydrogen) atoms. The van der Waals surface area contributed by atoms with Crippen LogP contribution in [0.15, 0.2) is 83.0 Å². The predicted molar refractivity (Wildman–Crippen MR) is 133 cm³/mol. The molecule has 2 N–H and O–H groups in total. The molecule has 5 nitrogen and oxygen atoms in total. The number of carbonyl (C=O) groups is 2. The highest BCUT2D eigenvalue weighted by atomic mass is 79.9. The van der Waals surface area contributed by atoms with Gasteiger partial charge >= 0.3 is 0 Å². The van der Waals surface area contributed by atoms with Gasteiger partial charge in [0.2, 0.25) is 0 Å². The fraction of sp³-hybridized carbons (Fsp3) is 0.0769. The normalized spacial score (nSPS) is 17.8. The number of aliphatic hydroxyl groups excluding tert-OH is 1. The van der Waals surface area contributed by atoms with E-state index in [1.165, 1.54) is 4.90 Å². The first-order valence-electron chi connectivity index (χ1n) is 10.3. The molecule has 0 spiro atoms. The zero-order valence-electron chi connectivity index (χ0n) is 17.5. The van der Waals surface area contributed by atoms with Gasteiger partial charge in [0.1, 0.15) is 5.76 Å². The number of hydrogen-bond acceptors (Lipinski definition) is 3. The number of aromatic amines is 1. The smallest absolute Gasteiger partial charge is 0.300 e. The van der Waals surface area contributed by atoms with Crippen molar-refractivity contribution in [2.24, 2.45) is 0 Å². The number of anilines is 1. The number of aryl methyl sites for hydroxylation is 1. The summed E-state index contributed by atoms with van der Waals surface area (Å²) < 4.78 is 0.835. The molecule has 1 unspecified atom stereocenters. The molecule has 1 aliphatic rings. The Kier molecular flexibility index (Phi) is 5.35. The Balaban J connectivity index is 1.78. The Labute approximate surface area is 203 Å². The van der Waals surface area contributed by atoms with Crippen molar-refractivity contribution < 1.29 is 14.7 Å². The lowest BCUT2D eigenvalue weighted by Crippen LogP contribution is -2.29. The molecule has 0 radical (unpaired) electrons. The number of nitrogens with zero attached hydrogens (tertiary/aromatic N) is 1. The maximum Gasteiger partial charge on any atom is 0.300 e. The number of benzene rings is 3. The second kappa shape index (κ2) is 8.21. The first kappa shape index (κ1) is 21.5. The summed E-state index contributed by atoms with van der Waals surface area (Å²) in [5.41, 5.74) is 3.39. The lowest BCUT2D eigenvalue weighted by Gasteiger charge is -2.25. The molecule has 0 bridgehead atoms. The first-order chi connectivity index (χ1) is 15.9. The van der Waals surface area contributed by atoms with Crippen LogP contribution in [0.2, 0.25) is 5.02 Å². The average Bonchev–Trinajstić information content (AvgIpc) is 3.34. The number of amides is 1. The fourth-order valence-corrected chi connectivity index (χ4v) is 4.65. The first-order valence-corrected chi connectivity index (χ1v) is 11.4. The summed E-state index contributed by atoms with van der Waals surface area (Å²) >= 11 is 9.74. The van der Waals surface area contributed by atoms with Gasteiger partial charge in [0.25, 0.3) is 11.7 Å². The number of fused-ring (bicyclic) bond motifs is 1. The maximum absolute atomic E-state index is 13.3. The SMILES string of the molecule is Cc1ccc(N2C(=O)C(=O)/C(=C(/O)c3ccc(Br)cc3)C2c2c[nH]c3ccccc23)cc1Cl. The van der Waals surface area contributed by atoms with E-state index in [1.807, 2.05) is 31.2 Å². The Hall–Kier alpha value is -3.35. The largest absolute Gasteiger partial charge is 0.507 e. The molecule has 2 heterocycles. The number of nitrogens with one attached hydrogen (secondary N) is 1. The van der Waals surface area contributed by atoms with Crippen LogP contribution < -0.4 is 4.90 Å². The van der Waals surface area contributed by atoms with E-state index >= 15 is 0 Å². The van der Waals surface area contributed by atoms with Crippen LogP contribution >= 0.6 is 27.5 Å². The molecule has 1 saturated heterocycles. The van der Waals surface area contributed by atoms with Gasteiger partial charge in [-0.25, -0.2) is 0 Å². The summed E-state index contributed by atoms with van der Waals surface area (Å²) in [5, 5.41) is 12.6. The molecule has 1 aliphatic heterocycles. The van der Waals surface area contributed by atoms with Crippen molar-refractivity contribution in [1.29, 1.82) is 0 Å². The molecule has 1 aromatic heterocycles. The fourth-order valence-electron chi connectivity index (χ4n) is 4.21. The van der Waals surface area contributed by atoms with Gasteiger partial charge in [-0.2, -0.15) is 0 Å². The highest BCUT2D eigenvalue weighted by Gasteiger charge is 2.47. The number of para-hydroxylation sites is 1. The van der Waals surface area contributed by atoms with Crippen molar-refractivity contribution in [3.05, 3.63) is 105 Å². The molecule has 0 aliphatic carbocycles. The van der Waals surface area contributed by atoms with Crippen LogP contribution in [-0.2, 0) is 9.59 Å². The monoisotopic (exact) mass is 520 g/mol. The van der Waals surface area contributed by atoms with E-state index in [-0.39, 0.29) is 11.3 Å². The van der Waals surface area contributed by atoms with E-state index in [0.29, 0.717) is 21.8 Å². The number of carbonyl (C=O) groups excluding carboxylic acids is 2. The van der Waals surface area contributed by atoms with Crippen molar-refractivity contribution in [2.45, 2.75) is 13.0 Å². The molecular formula is C26H18BrClN2O3. The quantitative estimate of drug-likeness (QED) is 0.183. The lowest BCUT2D eigenvalue weighted by molar-refractivity contribution is -0.132. The zero-order chi connectivity index (χ0) is 23.3.